The van der Waals surface area contributed by atoms with Gasteiger partial charge in [0.2, 0.25) is 5.91 Å². The van der Waals surface area contributed by atoms with E-state index in [4.69, 9.17) is 4.42 Å². The summed E-state index contributed by atoms with van der Waals surface area (Å²) in [6, 6.07) is 17.8. The molecule has 0 aliphatic carbocycles. The first-order chi connectivity index (χ1) is 14.2. The zero-order valence-electron chi connectivity index (χ0n) is 16.4. The van der Waals surface area contributed by atoms with Gasteiger partial charge in [-0.3, -0.25) is 9.36 Å². The number of hydrogen-bond acceptors (Lipinski definition) is 5. The maximum absolute atomic E-state index is 13.1. The molecule has 29 heavy (non-hydrogen) atoms. The van der Waals surface area contributed by atoms with Crippen LogP contribution in [0.15, 0.2) is 70.4 Å². The number of rotatable bonds is 7. The van der Waals surface area contributed by atoms with Crippen molar-refractivity contribution in [1.82, 2.24) is 14.8 Å². The lowest BCUT2D eigenvalue weighted by Gasteiger charge is -2.22. The van der Waals surface area contributed by atoms with Crippen molar-refractivity contribution in [2.75, 3.05) is 17.2 Å². The Kier molecular flexibility index (Phi) is 5.67. The van der Waals surface area contributed by atoms with Crippen molar-refractivity contribution >= 4 is 34.1 Å². The number of carbonyl (C=O) groups excluding carboxylic acids is 1. The number of benzene rings is 2. The Morgan fingerprint density at radius 1 is 1.07 bits per heavy atom. The van der Waals surface area contributed by atoms with Crippen molar-refractivity contribution < 1.29 is 9.21 Å². The van der Waals surface area contributed by atoms with Gasteiger partial charge in [0.25, 0.3) is 0 Å². The molecule has 4 aromatic rings. The van der Waals surface area contributed by atoms with Crippen LogP contribution in [0.2, 0.25) is 0 Å². The third-order valence-corrected chi connectivity index (χ3v) is 5.73. The van der Waals surface area contributed by atoms with E-state index in [1.54, 1.807) is 6.26 Å². The number of carbonyl (C=O) groups is 1. The molecular formula is C22H22N4O2S. The average Bonchev–Trinajstić information content (AvgIpc) is 3.42. The molecule has 1 amide bonds. The van der Waals surface area contributed by atoms with Crippen molar-refractivity contribution in [3.05, 3.63) is 60.9 Å². The molecule has 0 aliphatic heterocycles. The molecule has 0 saturated carbocycles. The van der Waals surface area contributed by atoms with E-state index in [2.05, 4.69) is 28.4 Å². The zero-order valence-corrected chi connectivity index (χ0v) is 17.2. The fourth-order valence-corrected chi connectivity index (χ4v) is 4.28. The number of hydrogen-bond donors (Lipinski definition) is 0. The molecule has 0 bridgehead atoms. The van der Waals surface area contributed by atoms with Gasteiger partial charge in [-0.25, -0.2) is 0 Å². The standard InChI is InChI=1S/C22H22N4O2S/c1-3-25(18-12-7-10-16-9-5-6-11-17(16)18)20(27)15-29-22-24-23-21(26(22)4-2)19-13-8-14-28-19/h5-14H,3-4,15H2,1-2H3. The van der Waals surface area contributed by atoms with E-state index >= 15 is 0 Å². The molecule has 0 fully saturated rings. The molecule has 0 N–H and O–H groups in total. The summed E-state index contributed by atoms with van der Waals surface area (Å²) in [5.74, 6) is 1.67. The third kappa shape index (κ3) is 3.78. The second-order valence-electron chi connectivity index (χ2n) is 6.45. The topological polar surface area (TPSA) is 64.2 Å². The maximum atomic E-state index is 13.1. The zero-order chi connectivity index (χ0) is 20.2. The van der Waals surface area contributed by atoms with Crippen molar-refractivity contribution in [1.29, 1.82) is 0 Å². The Balaban J connectivity index is 1.55. The minimum atomic E-state index is 0.0408. The van der Waals surface area contributed by atoms with E-state index in [-0.39, 0.29) is 11.7 Å². The summed E-state index contributed by atoms with van der Waals surface area (Å²) in [6.07, 6.45) is 1.61. The normalized spacial score (nSPS) is 11.1. The van der Waals surface area contributed by atoms with Gasteiger partial charge in [0.05, 0.1) is 17.7 Å². The van der Waals surface area contributed by atoms with Gasteiger partial charge in [-0.05, 0) is 37.4 Å². The Morgan fingerprint density at radius 3 is 2.66 bits per heavy atom. The van der Waals surface area contributed by atoms with Crippen molar-refractivity contribution in [2.45, 2.75) is 25.5 Å². The van der Waals surface area contributed by atoms with Crippen LogP contribution in [0.1, 0.15) is 13.8 Å². The third-order valence-electron chi connectivity index (χ3n) is 4.77. The van der Waals surface area contributed by atoms with E-state index in [9.17, 15) is 4.79 Å². The summed E-state index contributed by atoms with van der Waals surface area (Å²) >= 11 is 1.40. The average molecular weight is 407 g/mol. The van der Waals surface area contributed by atoms with E-state index in [1.165, 1.54) is 11.8 Å². The fraction of sp³-hybridized carbons (Fsp3) is 0.227. The molecule has 0 unspecified atom stereocenters. The largest absolute Gasteiger partial charge is 0.461 e. The summed E-state index contributed by atoms with van der Waals surface area (Å²) in [5.41, 5.74) is 0.935. The van der Waals surface area contributed by atoms with Crippen LogP contribution in [0.4, 0.5) is 5.69 Å². The Morgan fingerprint density at radius 2 is 1.90 bits per heavy atom. The van der Waals surface area contributed by atoms with Crippen LogP contribution in [0.3, 0.4) is 0 Å². The SMILES string of the molecule is CCN(C(=O)CSc1nnc(-c2ccco2)n1CC)c1cccc2ccccc12. The maximum Gasteiger partial charge on any atom is 0.237 e. The van der Waals surface area contributed by atoms with Gasteiger partial charge in [-0.1, -0.05) is 48.2 Å². The molecule has 0 saturated heterocycles. The number of aromatic nitrogens is 3. The number of fused-ring (bicyclic) bond motifs is 1. The van der Waals surface area contributed by atoms with E-state index < -0.39 is 0 Å². The molecule has 0 aliphatic rings. The lowest BCUT2D eigenvalue weighted by molar-refractivity contribution is -0.116. The molecule has 0 radical (unpaired) electrons. The first-order valence-corrected chi connectivity index (χ1v) is 10.6. The molecule has 0 spiro atoms. The van der Waals surface area contributed by atoms with Gasteiger partial charge in [0, 0.05) is 18.5 Å². The smallest absolute Gasteiger partial charge is 0.237 e. The van der Waals surface area contributed by atoms with Crippen LogP contribution < -0.4 is 4.90 Å². The first kappa shape index (κ1) is 19.3. The van der Waals surface area contributed by atoms with Gasteiger partial charge < -0.3 is 9.32 Å². The van der Waals surface area contributed by atoms with Crippen LogP contribution in [0.5, 0.6) is 0 Å². The van der Waals surface area contributed by atoms with Crippen LogP contribution in [-0.2, 0) is 11.3 Å². The highest BCUT2D eigenvalue weighted by Crippen LogP contribution is 2.29. The molecule has 7 heteroatoms. The lowest BCUT2D eigenvalue weighted by atomic mass is 10.1. The Bertz CT molecular complexity index is 1120. The molecule has 2 aromatic heterocycles. The minimum absolute atomic E-state index is 0.0408. The predicted molar refractivity (Wildman–Crippen MR) is 116 cm³/mol. The Hall–Kier alpha value is -3.06. The quantitative estimate of drug-likeness (QED) is 0.410. The second kappa shape index (κ2) is 8.53. The summed E-state index contributed by atoms with van der Waals surface area (Å²) in [6.45, 7) is 5.32. The van der Waals surface area contributed by atoms with Crippen molar-refractivity contribution in [3.63, 3.8) is 0 Å². The number of furan rings is 1. The highest BCUT2D eigenvalue weighted by molar-refractivity contribution is 7.99. The van der Waals surface area contributed by atoms with Crippen molar-refractivity contribution in [3.8, 4) is 11.6 Å². The van der Waals surface area contributed by atoms with Crippen LogP contribution in [0.25, 0.3) is 22.4 Å². The Labute approximate surface area is 173 Å². The van der Waals surface area contributed by atoms with E-state index in [0.717, 1.165) is 16.5 Å². The van der Waals surface area contributed by atoms with Gasteiger partial charge in [0.15, 0.2) is 16.7 Å². The minimum Gasteiger partial charge on any atom is -0.461 e. The molecule has 0 atom stereocenters. The number of amides is 1. The van der Waals surface area contributed by atoms with Crippen LogP contribution >= 0.6 is 11.8 Å². The molecule has 2 aromatic carbocycles. The number of anilines is 1. The lowest BCUT2D eigenvalue weighted by Crippen LogP contribution is -2.32. The molecule has 148 valence electrons. The number of nitrogens with zero attached hydrogens (tertiary/aromatic N) is 4. The second-order valence-corrected chi connectivity index (χ2v) is 7.40. The van der Waals surface area contributed by atoms with Gasteiger partial charge >= 0.3 is 0 Å². The summed E-state index contributed by atoms with van der Waals surface area (Å²) in [4.78, 5) is 14.9. The molecule has 2 heterocycles. The molecule has 6 nitrogen and oxygen atoms in total. The van der Waals surface area contributed by atoms with Crippen molar-refractivity contribution in [2.24, 2.45) is 0 Å². The number of thioether (sulfide) groups is 1. The highest BCUT2D eigenvalue weighted by Gasteiger charge is 2.20. The van der Waals surface area contributed by atoms with Gasteiger partial charge in [0.1, 0.15) is 0 Å². The predicted octanol–water partition coefficient (Wildman–Crippen LogP) is 4.86. The summed E-state index contributed by atoms with van der Waals surface area (Å²) in [7, 11) is 0. The fourth-order valence-electron chi connectivity index (χ4n) is 3.40. The van der Waals surface area contributed by atoms with E-state index in [0.29, 0.717) is 29.8 Å². The molecule has 4 rings (SSSR count). The molecular weight excluding hydrogens is 384 g/mol. The van der Waals surface area contributed by atoms with Crippen LogP contribution in [0, 0.1) is 0 Å². The first-order valence-electron chi connectivity index (χ1n) is 9.61. The van der Waals surface area contributed by atoms with Gasteiger partial charge in [-0.2, -0.15) is 0 Å². The highest BCUT2D eigenvalue weighted by atomic mass is 32.2. The monoisotopic (exact) mass is 406 g/mol. The van der Waals surface area contributed by atoms with Gasteiger partial charge in [-0.15, -0.1) is 10.2 Å². The summed E-state index contributed by atoms with van der Waals surface area (Å²) < 4.78 is 7.41. The van der Waals surface area contributed by atoms with Crippen LogP contribution in [-0.4, -0.2) is 33.0 Å². The van der Waals surface area contributed by atoms with E-state index in [1.807, 2.05) is 59.7 Å². The summed E-state index contributed by atoms with van der Waals surface area (Å²) in [5, 5.41) is 11.4.